The Morgan fingerprint density at radius 2 is 1.74 bits per heavy atom. The van der Waals surface area contributed by atoms with Gasteiger partial charge in [-0.15, -0.1) is 0 Å². The molecule has 2 aromatic rings. The van der Waals surface area contributed by atoms with Gasteiger partial charge in [0.25, 0.3) is 0 Å². The van der Waals surface area contributed by atoms with Gasteiger partial charge in [-0.25, -0.2) is 17.2 Å². The van der Waals surface area contributed by atoms with Crippen LogP contribution in [0.4, 0.5) is 8.78 Å². The van der Waals surface area contributed by atoms with Crippen molar-refractivity contribution in [2.45, 2.75) is 22.5 Å². The van der Waals surface area contributed by atoms with Gasteiger partial charge in [-0.2, -0.15) is 0 Å². The molecule has 2 atom stereocenters. The summed E-state index contributed by atoms with van der Waals surface area (Å²) in [7, 11) is -4.10. The lowest BCUT2D eigenvalue weighted by atomic mass is 9.79. The summed E-state index contributed by atoms with van der Waals surface area (Å²) in [5, 5.41) is 0.386. The van der Waals surface area contributed by atoms with Crippen LogP contribution in [0.25, 0.3) is 0 Å². The molecule has 4 rings (SSSR count). The topological polar surface area (TPSA) is 52.6 Å². The van der Waals surface area contributed by atoms with Gasteiger partial charge in [0.2, 0.25) is 0 Å². The molecule has 2 aromatic carbocycles. The SMILES string of the molecule is O=S(=O)(c1ccc(Cl)cc1)C12CCOCCC1COc1c(F)ccc(F)c12. The van der Waals surface area contributed by atoms with Crippen LogP contribution in [0.3, 0.4) is 0 Å². The predicted octanol–water partition coefficient (Wildman–Crippen LogP) is 4.11. The van der Waals surface area contributed by atoms with Crippen LogP contribution < -0.4 is 4.74 Å². The lowest BCUT2D eigenvalue weighted by Gasteiger charge is -2.43. The molecule has 144 valence electrons. The molecule has 0 N–H and O–H groups in total. The van der Waals surface area contributed by atoms with E-state index < -0.39 is 32.1 Å². The van der Waals surface area contributed by atoms with E-state index in [2.05, 4.69) is 0 Å². The summed E-state index contributed by atoms with van der Waals surface area (Å²) in [6.45, 7) is 0.431. The summed E-state index contributed by atoms with van der Waals surface area (Å²) in [4.78, 5) is 0.00955. The van der Waals surface area contributed by atoms with Crippen LogP contribution in [-0.2, 0) is 19.3 Å². The summed E-state index contributed by atoms with van der Waals surface area (Å²) in [6, 6.07) is 7.61. The van der Waals surface area contributed by atoms with Crippen molar-refractivity contribution in [2.24, 2.45) is 5.92 Å². The second-order valence-corrected chi connectivity index (χ2v) is 9.38. The van der Waals surface area contributed by atoms with E-state index in [0.29, 0.717) is 18.1 Å². The average Bonchev–Trinajstić information content (AvgIpc) is 2.88. The van der Waals surface area contributed by atoms with Crippen molar-refractivity contribution >= 4 is 21.4 Å². The third-order valence-corrected chi connectivity index (χ3v) is 8.25. The fourth-order valence-corrected chi connectivity index (χ4v) is 6.58. The molecule has 0 spiro atoms. The Morgan fingerprint density at radius 3 is 2.48 bits per heavy atom. The molecule has 0 aliphatic carbocycles. The lowest BCUT2D eigenvalue weighted by molar-refractivity contribution is 0.135. The van der Waals surface area contributed by atoms with E-state index in [9.17, 15) is 17.2 Å². The quantitative estimate of drug-likeness (QED) is 0.742. The van der Waals surface area contributed by atoms with Crippen LogP contribution in [-0.4, -0.2) is 28.2 Å². The number of fused-ring (bicyclic) bond motifs is 3. The van der Waals surface area contributed by atoms with Crippen LogP contribution in [0, 0.1) is 17.6 Å². The zero-order valence-corrected chi connectivity index (χ0v) is 15.8. The Balaban J connectivity index is 2.04. The van der Waals surface area contributed by atoms with Gasteiger partial charge in [0, 0.05) is 24.2 Å². The van der Waals surface area contributed by atoms with Gasteiger partial charge in [-0.1, -0.05) is 11.6 Å². The number of hydrogen-bond donors (Lipinski definition) is 0. The van der Waals surface area contributed by atoms with E-state index >= 15 is 0 Å². The summed E-state index contributed by atoms with van der Waals surface area (Å²) in [6.07, 6.45) is 0.377. The zero-order chi connectivity index (χ0) is 19.2. The summed E-state index contributed by atoms with van der Waals surface area (Å²) in [5.41, 5.74) is -0.237. The second kappa shape index (κ2) is 6.72. The zero-order valence-electron chi connectivity index (χ0n) is 14.3. The molecule has 0 saturated carbocycles. The molecule has 0 radical (unpaired) electrons. The molecular formula is C19H17ClF2O4S. The highest BCUT2D eigenvalue weighted by Gasteiger charge is 2.57. The van der Waals surface area contributed by atoms with E-state index in [-0.39, 0.29) is 35.8 Å². The third kappa shape index (κ3) is 2.75. The number of hydrogen-bond acceptors (Lipinski definition) is 4. The number of ether oxygens (including phenoxy) is 2. The van der Waals surface area contributed by atoms with Gasteiger partial charge in [0.15, 0.2) is 21.4 Å². The van der Waals surface area contributed by atoms with Crippen molar-refractivity contribution in [1.82, 2.24) is 0 Å². The van der Waals surface area contributed by atoms with E-state index in [0.717, 1.165) is 12.1 Å². The van der Waals surface area contributed by atoms with Crippen LogP contribution in [0.15, 0.2) is 41.3 Å². The minimum absolute atomic E-state index is 0.00955. The van der Waals surface area contributed by atoms with E-state index in [4.69, 9.17) is 21.1 Å². The first-order valence-corrected chi connectivity index (χ1v) is 10.4. The van der Waals surface area contributed by atoms with Gasteiger partial charge in [0.05, 0.1) is 17.1 Å². The standard InChI is InChI=1S/C19H17ClF2O4S/c20-13-1-3-14(4-2-13)27(23,24)19-8-10-25-9-7-12(19)11-26-18-16(22)6-5-15(21)17(18)19/h1-6,12H,7-11H2. The first-order valence-electron chi connectivity index (χ1n) is 8.57. The number of rotatable bonds is 2. The molecular weight excluding hydrogens is 398 g/mol. The molecule has 2 aliphatic rings. The van der Waals surface area contributed by atoms with Crippen LogP contribution in [0.2, 0.25) is 5.02 Å². The largest absolute Gasteiger partial charge is 0.490 e. The molecule has 0 aromatic heterocycles. The van der Waals surface area contributed by atoms with Crippen LogP contribution in [0.5, 0.6) is 5.75 Å². The Hall–Kier alpha value is -1.70. The molecule has 4 nitrogen and oxygen atoms in total. The van der Waals surface area contributed by atoms with Crippen LogP contribution in [0.1, 0.15) is 18.4 Å². The maximum Gasteiger partial charge on any atom is 0.188 e. The number of sulfone groups is 1. The highest BCUT2D eigenvalue weighted by atomic mass is 35.5. The van der Waals surface area contributed by atoms with Gasteiger partial charge in [-0.3, -0.25) is 0 Å². The van der Waals surface area contributed by atoms with Gasteiger partial charge >= 0.3 is 0 Å². The molecule has 2 heterocycles. The summed E-state index contributed by atoms with van der Waals surface area (Å²) < 4.78 is 66.2. The Labute approximate surface area is 161 Å². The highest BCUT2D eigenvalue weighted by Crippen LogP contribution is 2.54. The molecule has 0 amide bonds. The molecule has 27 heavy (non-hydrogen) atoms. The Kier molecular flexibility index (Phi) is 4.64. The first kappa shape index (κ1) is 18.7. The van der Waals surface area contributed by atoms with Crippen molar-refractivity contribution in [3.8, 4) is 5.75 Å². The summed E-state index contributed by atoms with van der Waals surface area (Å²) in [5.74, 6) is -2.47. The smallest absolute Gasteiger partial charge is 0.188 e. The molecule has 1 fully saturated rings. The van der Waals surface area contributed by atoms with E-state index in [1.807, 2.05) is 0 Å². The monoisotopic (exact) mass is 414 g/mol. The van der Waals surface area contributed by atoms with Crippen molar-refractivity contribution in [2.75, 3.05) is 19.8 Å². The van der Waals surface area contributed by atoms with Gasteiger partial charge in [0.1, 0.15) is 10.6 Å². The van der Waals surface area contributed by atoms with Crippen molar-refractivity contribution < 1.29 is 26.7 Å². The summed E-state index contributed by atoms with van der Waals surface area (Å²) >= 11 is 5.89. The number of halogens is 3. The predicted molar refractivity (Wildman–Crippen MR) is 95.7 cm³/mol. The van der Waals surface area contributed by atoms with Crippen molar-refractivity contribution in [3.05, 3.63) is 58.6 Å². The molecule has 2 unspecified atom stereocenters. The Bertz CT molecular complexity index is 978. The average molecular weight is 415 g/mol. The van der Waals surface area contributed by atoms with E-state index in [1.165, 1.54) is 24.3 Å². The minimum atomic E-state index is -4.10. The molecule has 0 bridgehead atoms. The Morgan fingerprint density at radius 1 is 1.04 bits per heavy atom. The second-order valence-electron chi connectivity index (χ2n) is 6.74. The molecule has 2 aliphatic heterocycles. The lowest BCUT2D eigenvalue weighted by Crippen LogP contribution is -2.49. The number of benzene rings is 2. The molecule has 1 saturated heterocycles. The first-order chi connectivity index (χ1) is 12.9. The highest BCUT2D eigenvalue weighted by molar-refractivity contribution is 7.92. The fourth-order valence-electron chi connectivity index (χ4n) is 4.10. The van der Waals surface area contributed by atoms with Gasteiger partial charge in [-0.05, 0) is 49.2 Å². The van der Waals surface area contributed by atoms with Crippen molar-refractivity contribution in [3.63, 3.8) is 0 Å². The maximum atomic E-state index is 14.9. The van der Waals surface area contributed by atoms with Crippen molar-refractivity contribution in [1.29, 1.82) is 0 Å². The van der Waals surface area contributed by atoms with E-state index in [1.54, 1.807) is 0 Å². The minimum Gasteiger partial charge on any atom is -0.490 e. The fraction of sp³-hybridized carbons (Fsp3) is 0.368. The molecule has 8 heteroatoms. The third-order valence-electron chi connectivity index (χ3n) is 5.40. The van der Waals surface area contributed by atoms with Gasteiger partial charge < -0.3 is 9.47 Å². The normalized spacial score (nSPS) is 25.1. The van der Waals surface area contributed by atoms with Crippen LogP contribution >= 0.6 is 11.6 Å². The maximum absolute atomic E-state index is 14.9.